The number of hydrogen-bond acceptors (Lipinski definition) is 2. The van der Waals surface area contributed by atoms with E-state index in [1.165, 1.54) is 0 Å². The molecule has 0 spiro atoms. The maximum atomic E-state index is 11.0. The average molecular weight is 167 g/mol. The number of aromatic amines is 1. The van der Waals surface area contributed by atoms with E-state index in [9.17, 15) is 4.79 Å². The number of carbonyl (C=O) groups excluding carboxylic acids is 1. The van der Waals surface area contributed by atoms with Crippen LogP contribution in [0, 0.1) is 6.92 Å². The van der Waals surface area contributed by atoms with E-state index in [0.29, 0.717) is 0 Å². The number of amides is 1. The van der Waals surface area contributed by atoms with Gasteiger partial charge in [0.25, 0.3) is 0 Å². The van der Waals surface area contributed by atoms with Crippen LogP contribution in [0.4, 0.5) is 0 Å². The molecule has 1 aromatic heterocycles. The summed E-state index contributed by atoms with van der Waals surface area (Å²) in [6.07, 6.45) is 2.45. The molecule has 1 heterocycles. The number of nitrogens with two attached hydrogens (primary N) is 1. The number of rotatable bonds is 3. The summed E-state index contributed by atoms with van der Waals surface area (Å²) >= 11 is 0. The van der Waals surface area contributed by atoms with Crippen molar-refractivity contribution in [1.29, 1.82) is 0 Å². The molecular formula is C8H13N3O. The van der Waals surface area contributed by atoms with Crippen molar-refractivity contribution in [3.05, 3.63) is 17.5 Å². The van der Waals surface area contributed by atoms with Crippen molar-refractivity contribution >= 4 is 5.91 Å². The lowest BCUT2D eigenvalue weighted by atomic mass is 9.97. The third-order valence-electron chi connectivity index (χ3n) is 2.00. The zero-order valence-corrected chi connectivity index (χ0v) is 7.29. The third kappa shape index (κ3) is 1.47. The van der Waals surface area contributed by atoms with Crippen LogP contribution in [0.5, 0.6) is 0 Å². The molecule has 0 fully saturated rings. The van der Waals surface area contributed by atoms with Gasteiger partial charge in [0.2, 0.25) is 5.91 Å². The lowest BCUT2D eigenvalue weighted by Gasteiger charge is -2.08. The van der Waals surface area contributed by atoms with Crippen LogP contribution in [0.1, 0.15) is 30.5 Å². The van der Waals surface area contributed by atoms with Gasteiger partial charge in [0, 0.05) is 11.8 Å². The van der Waals surface area contributed by atoms with Crippen LogP contribution >= 0.6 is 0 Å². The summed E-state index contributed by atoms with van der Waals surface area (Å²) in [5.41, 5.74) is 6.98. The molecule has 1 amide bonds. The van der Waals surface area contributed by atoms with Crippen LogP contribution < -0.4 is 5.73 Å². The SMILES string of the molecule is CCC(C(N)=O)c1c[nH]nc1C. The zero-order chi connectivity index (χ0) is 9.14. The number of carbonyl (C=O) groups is 1. The predicted molar refractivity (Wildman–Crippen MR) is 45.6 cm³/mol. The summed E-state index contributed by atoms with van der Waals surface area (Å²) in [5, 5.41) is 6.64. The molecule has 3 N–H and O–H groups in total. The molecule has 1 aromatic rings. The van der Waals surface area contributed by atoms with Gasteiger partial charge in [-0.25, -0.2) is 0 Å². The summed E-state index contributed by atoms with van der Waals surface area (Å²) in [5.74, 6) is -0.495. The van der Waals surface area contributed by atoms with E-state index in [-0.39, 0.29) is 11.8 Å². The second kappa shape index (κ2) is 3.38. The van der Waals surface area contributed by atoms with Gasteiger partial charge in [-0.2, -0.15) is 5.10 Å². The molecule has 1 atom stereocenters. The van der Waals surface area contributed by atoms with Crippen LogP contribution in [0.15, 0.2) is 6.20 Å². The molecule has 0 saturated heterocycles. The number of nitrogens with one attached hydrogen (secondary N) is 1. The van der Waals surface area contributed by atoms with Gasteiger partial charge in [0.05, 0.1) is 11.6 Å². The fourth-order valence-corrected chi connectivity index (χ4v) is 1.29. The summed E-state index contributed by atoms with van der Waals surface area (Å²) in [7, 11) is 0. The molecule has 0 saturated carbocycles. The third-order valence-corrected chi connectivity index (χ3v) is 2.00. The highest BCUT2D eigenvalue weighted by Crippen LogP contribution is 2.20. The molecule has 0 aliphatic rings. The van der Waals surface area contributed by atoms with E-state index in [1.54, 1.807) is 6.20 Å². The fraction of sp³-hybridized carbons (Fsp3) is 0.500. The Morgan fingerprint density at radius 1 is 1.83 bits per heavy atom. The molecular weight excluding hydrogens is 154 g/mol. The quantitative estimate of drug-likeness (QED) is 0.695. The first-order chi connectivity index (χ1) is 5.66. The first-order valence-electron chi connectivity index (χ1n) is 3.96. The van der Waals surface area contributed by atoms with Gasteiger partial charge >= 0.3 is 0 Å². The van der Waals surface area contributed by atoms with Crippen molar-refractivity contribution in [3.63, 3.8) is 0 Å². The van der Waals surface area contributed by atoms with Crippen molar-refractivity contribution in [2.45, 2.75) is 26.2 Å². The molecule has 4 nitrogen and oxygen atoms in total. The second-order valence-corrected chi connectivity index (χ2v) is 2.79. The minimum Gasteiger partial charge on any atom is -0.369 e. The van der Waals surface area contributed by atoms with E-state index in [1.807, 2.05) is 13.8 Å². The van der Waals surface area contributed by atoms with Crippen LogP contribution in [0.25, 0.3) is 0 Å². The van der Waals surface area contributed by atoms with E-state index >= 15 is 0 Å². The number of primary amides is 1. The highest BCUT2D eigenvalue weighted by Gasteiger charge is 2.18. The molecule has 0 aromatic carbocycles. The van der Waals surface area contributed by atoms with Gasteiger partial charge in [-0.15, -0.1) is 0 Å². The summed E-state index contributed by atoms with van der Waals surface area (Å²) in [6, 6.07) is 0. The molecule has 0 aliphatic carbocycles. The van der Waals surface area contributed by atoms with Gasteiger partial charge < -0.3 is 5.73 Å². The van der Waals surface area contributed by atoms with Crippen molar-refractivity contribution in [1.82, 2.24) is 10.2 Å². The molecule has 0 radical (unpaired) electrons. The molecule has 1 unspecified atom stereocenters. The standard InChI is InChI=1S/C8H13N3O/c1-3-6(8(9)12)7-4-10-11-5(7)2/h4,6H,3H2,1-2H3,(H2,9,12)(H,10,11). The zero-order valence-electron chi connectivity index (χ0n) is 7.29. The van der Waals surface area contributed by atoms with Crippen LogP contribution in [-0.4, -0.2) is 16.1 Å². The maximum absolute atomic E-state index is 11.0. The van der Waals surface area contributed by atoms with E-state index < -0.39 is 0 Å². The van der Waals surface area contributed by atoms with Crippen molar-refractivity contribution < 1.29 is 4.79 Å². The van der Waals surface area contributed by atoms with E-state index in [2.05, 4.69) is 10.2 Å². The Balaban J connectivity index is 2.94. The van der Waals surface area contributed by atoms with Crippen LogP contribution in [0.2, 0.25) is 0 Å². The molecule has 12 heavy (non-hydrogen) atoms. The summed E-state index contributed by atoms with van der Waals surface area (Å²) < 4.78 is 0. The van der Waals surface area contributed by atoms with Gasteiger partial charge in [-0.05, 0) is 13.3 Å². The monoisotopic (exact) mass is 167 g/mol. The number of aromatic nitrogens is 2. The topological polar surface area (TPSA) is 71.8 Å². The minimum absolute atomic E-state index is 0.205. The van der Waals surface area contributed by atoms with Gasteiger partial charge in [0.1, 0.15) is 0 Å². The van der Waals surface area contributed by atoms with Crippen molar-refractivity contribution in [3.8, 4) is 0 Å². The molecule has 4 heteroatoms. The largest absolute Gasteiger partial charge is 0.369 e. The Hall–Kier alpha value is -1.32. The Morgan fingerprint density at radius 3 is 2.83 bits per heavy atom. The lowest BCUT2D eigenvalue weighted by Crippen LogP contribution is -2.20. The molecule has 66 valence electrons. The van der Waals surface area contributed by atoms with Crippen LogP contribution in [-0.2, 0) is 4.79 Å². The Morgan fingerprint density at radius 2 is 2.50 bits per heavy atom. The highest BCUT2D eigenvalue weighted by molar-refractivity contribution is 5.81. The minimum atomic E-state index is -0.290. The average Bonchev–Trinajstić information content (AvgIpc) is 2.38. The number of nitrogens with zero attached hydrogens (tertiary/aromatic N) is 1. The fourth-order valence-electron chi connectivity index (χ4n) is 1.29. The summed E-state index contributed by atoms with van der Waals surface area (Å²) in [4.78, 5) is 11.0. The second-order valence-electron chi connectivity index (χ2n) is 2.79. The van der Waals surface area contributed by atoms with E-state index in [0.717, 1.165) is 17.7 Å². The lowest BCUT2D eigenvalue weighted by molar-refractivity contribution is -0.119. The normalized spacial score (nSPS) is 12.8. The maximum Gasteiger partial charge on any atom is 0.225 e. The Bertz CT molecular complexity index is 280. The Labute approximate surface area is 71.2 Å². The van der Waals surface area contributed by atoms with Gasteiger partial charge in [-0.1, -0.05) is 6.92 Å². The van der Waals surface area contributed by atoms with Crippen molar-refractivity contribution in [2.24, 2.45) is 5.73 Å². The van der Waals surface area contributed by atoms with Gasteiger partial charge in [-0.3, -0.25) is 9.89 Å². The van der Waals surface area contributed by atoms with Crippen molar-refractivity contribution in [2.75, 3.05) is 0 Å². The first kappa shape index (κ1) is 8.77. The summed E-state index contributed by atoms with van der Waals surface area (Å²) in [6.45, 7) is 3.79. The predicted octanol–water partition coefficient (Wildman–Crippen LogP) is 0.697. The molecule has 0 bridgehead atoms. The molecule has 0 aliphatic heterocycles. The number of H-pyrrole nitrogens is 1. The number of aryl methyl sites for hydroxylation is 1. The smallest absolute Gasteiger partial charge is 0.225 e. The van der Waals surface area contributed by atoms with Crippen LogP contribution in [0.3, 0.4) is 0 Å². The number of hydrogen-bond donors (Lipinski definition) is 2. The first-order valence-corrected chi connectivity index (χ1v) is 3.96. The highest BCUT2D eigenvalue weighted by atomic mass is 16.1. The van der Waals surface area contributed by atoms with E-state index in [4.69, 9.17) is 5.73 Å². The van der Waals surface area contributed by atoms with Gasteiger partial charge in [0.15, 0.2) is 0 Å². The molecule has 1 rings (SSSR count). The Kier molecular flexibility index (Phi) is 2.47.